The predicted octanol–water partition coefficient (Wildman–Crippen LogP) is 0.571. The monoisotopic (exact) mass is 190 g/mol. The van der Waals surface area contributed by atoms with Crippen LogP contribution in [0.5, 0.6) is 5.75 Å². The summed E-state index contributed by atoms with van der Waals surface area (Å²) in [5.74, 6) is -0.215. The van der Waals surface area contributed by atoms with E-state index in [0.717, 1.165) is 6.07 Å². The van der Waals surface area contributed by atoms with Crippen molar-refractivity contribution in [2.45, 2.75) is 4.90 Å². The third-order valence-corrected chi connectivity index (χ3v) is 2.23. The zero-order chi connectivity index (χ0) is 9.19. The van der Waals surface area contributed by atoms with Crippen molar-refractivity contribution in [1.82, 2.24) is 0 Å². The van der Waals surface area contributed by atoms with Crippen LogP contribution in [0.1, 0.15) is 0 Å². The average molecular weight is 190 g/mol. The molecule has 66 valence electrons. The molecular weight excluding hydrogens is 184 g/mol. The number of benzene rings is 1. The number of hydrogen-bond donors (Lipinski definition) is 2. The molecule has 0 aliphatic carbocycles. The second-order valence-corrected chi connectivity index (χ2v) is 3.55. The van der Waals surface area contributed by atoms with Crippen LogP contribution in [0.3, 0.4) is 0 Å². The first kappa shape index (κ1) is 8.98. The Morgan fingerprint density at radius 3 is 2.50 bits per heavy atom. The van der Waals surface area contributed by atoms with Gasteiger partial charge in [-0.05, 0) is 12.1 Å². The van der Waals surface area contributed by atoms with Gasteiger partial charge in [-0.15, -0.1) is 4.33 Å². The molecule has 0 amide bonds. The second-order valence-electron chi connectivity index (χ2n) is 2.03. The lowest BCUT2D eigenvalue weighted by Gasteiger charge is -1.98. The van der Waals surface area contributed by atoms with E-state index in [1.54, 1.807) is 0 Å². The zero-order valence-electron chi connectivity index (χ0n) is 5.84. The molecule has 6 heteroatoms. The van der Waals surface area contributed by atoms with Crippen LogP contribution in [-0.2, 0) is 14.5 Å². The standard InChI is InChI=1S/C6H6O5S/c7-5-2-1-3-6(4-5)12(9,10)11-8/h1-4,7-8H. The van der Waals surface area contributed by atoms with E-state index >= 15 is 0 Å². The molecule has 0 saturated heterocycles. The summed E-state index contributed by atoms with van der Waals surface area (Å²) in [5, 5.41) is 16.8. The Bertz CT molecular complexity index is 369. The van der Waals surface area contributed by atoms with Crippen molar-refractivity contribution in [2.24, 2.45) is 0 Å². The quantitative estimate of drug-likeness (QED) is 0.526. The Hall–Kier alpha value is -1.11. The Labute approximate surface area is 68.9 Å². The van der Waals surface area contributed by atoms with Gasteiger partial charge in [0, 0.05) is 6.07 Å². The number of phenolic OH excluding ortho intramolecular Hbond substituents is 1. The van der Waals surface area contributed by atoms with E-state index in [-0.39, 0.29) is 10.6 Å². The minimum absolute atomic E-state index is 0.215. The molecule has 5 nitrogen and oxygen atoms in total. The maximum Gasteiger partial charge on any atom is 0.323 e. The van der Waals surface area contributed by atoms with Crippen LogP contribution < -0.4 is 0 Å². The van der Waals surface area contributed by atoms with Crippen LogP contribution in [0.15, 0.2) is 29.2 Å². The molecule has 0 aliphatic rings. The van der Waals surface area contributed by atoms with Crippen molar-refractivity contribution in [2.75, 3.05) is 0 Å². The third kappa shape index (κ3) is 1.73. The molecule has 0 unspecified atom stereocenters. The Kier molecular flexibility index (Phi) is 2.32. The van der Waals surface area contributed by atoms with E-state index < -0.39 is 10.1 Å². The number of phenols is 1. The fourth-order valence-electron chi connectivity index (χ4n) is 0.682. The lowest BCUT2D eigenvalue weighted by atomic mass is 10.3. The summed E-state index contributed by atoms with van der Waals surface area (Å²) in [6.45, 7) is 0. The largest absolute Gasteiger partial charge is 0.508 e. The minimum Gasteiger partial charge on any atom is -0.508 e. The van der Waals surface area contributed by atoms with Crippen LogP contribution in [-0.4, -0.2) is 18.8 Å². The van der Waals surface area contributed by atoms with Crippen molar-refractivity contribution in [1.29, 1.82) is 0 Å². The van der Waals surface area contributed by atoms with E-state index in [9.17, 15) is 8.42 Å². The van der Waals surface area contributed by atoms with Gasteiger partial charge in [-0.25, -0.2) is 5.26 Å². The van der Waals surface area contributed by atoms with Gasteiger partial charge in [0.2, 0.25) is 0 Å². The van der Waals surface area contributed by atoms with Crippen LogP contribution in [0.25, 0.3) is 0 Å². The fraction of sp³-hybridized carbons (Fsp3) is 0. The first-order chi connectivity index (χ1) is 5.56. The Morgan fingerprint density at radius 1 is 1.33 bits per heavy atom. The fourth-order valence-corrected chi connectivity index (χ4v) is 1.28. The molecule has 0 spiro atoms. The van der Waals surface area contributed by atoms with Crippen LogP contribution in [0.2, 0.25) is 0 Å². The highest BCUT2D eigenvalue weighted by Gasteiger charge is 2.14. The molecule has 0 fully saturated rings. The highest BCUT2D eigenvalue weighted by atomic mass is 32.2. The maximum absolute atomic E-state index is 10.8. The van der Waals surface area contributed by atoms with Gasteiger partial charge in [0.15, 0.2) is 0 Å². The van der Waals surface area contributed by atoms with E-state index in [0.29, 0.717) is 0 Å². The van der Waals surface area contributed by atoms with Crippen LogP contribution >= 0.6 is 0 Å². The lowest BCUT2D eigenvalue weighted by Crippen LogP contribution is -2.02. The highest BCUT2D eigenvalue weighted by Crippen LogP contribution is 2.16. The smallest absolute Gasteiger partial charge is 0.323 e. The van der Waals surface area contributed by atoms with Crippen LogP contribution in [0.4, 0.5) is 0 Å². The number of aromatic hydroxyl groups is 1. The van der Waals surface area contributed by atoms with Gasteiger partial charge in [-0.1, -0.05) is 6.07 Å². The molecule has 0 bridgehead atoms. The first-order valence-corrected chi connectivity index (χ1v) is 4.34. The average Bonchev–Trinajstić information content (AvgIpc) is 2.05. The van der Waals surface area contributed by atoms with E-state index in [1.165, 1.54) is 18.2 Å². The summed E-state index contributed by atoms with van der Waals surface area (Å²) < 4.78 is 24.8. The van der Waals surface area contributed by atoms with Gasteiger partial charge in [-0.2, -0.15) is 8.42 Å². The van der Waals surface area contributed by atoms with Gasteiger partial charge < -0.3 is 5.11 Å². The van der Waals surface area contributed by atoms with Crippen molar-refractivity contribution in [3.8, 4) is 5.75 Å². The molecule has 0 radical (unpaired) electrons. The lowest BCUT2D eigenvalue weighted by molar-refractivity contribution is -0.130. The van der Waals surface area contributed by atoms with Crippen LogP contribution in [0, 0.1) is 0 Å². The zero-order valence-corrected chi connectivity index (χ0v) is 6.65. The van der Waals surface area contributed by atoms with Crippen molar-refractivity contribution in [3.05, 3.63) is 24.3 Å². The Balaban J connectivity index is 3.21. The summed E-state index contributed by atoms with van der Waals surface area (Å²) in [6, 6.07) is 4.77. The van der Waals surface area contributed by atoms with Crippen molar-refractivity contribution >= 4 is 10.1 Å². The molecule has 2 N–H and O–H groups in total. The predicted molar refractivity (Wildman–Crippen MR) is 39.0 cm³/mol. The maximum atomic E-state index is 10.8. The molecule has 1 rings (SSSR count). The van der Waals surface area contributed by atoms with Gasteiger partial charge in [-0.3, -0.25) is 0 Å². The van der Waals surface area contributed by atoms with Gasteiger partial charge >= 0.3 is 10.1 Å². The van der Waals surface area contributed by atoms with Gasteiger partial charge in [0.1, 0.15) is 10.6 Å². The van der Waals surface area contributed by atoms with E-state index in [4.69, 9.17) is 10.4 Å². The minimum atomic E-state index is -4.13. The molecule has 0 aromatic heterocycles. The molecule has 12 heavy (non-hydrogen) atoms. The Morgan fingerprint density at radius 2 is 2.00 bits per heavy atom. The SMILES string of the molecule is O=S(=O)(OO)c1cccc(O)c1. The van der Waals surface area contributed by atoms with E-state index in [2.05, 4.69) is 4.33 Å². The van der Waals surface area contributed by atoms with E-state index in [1.807, 2.05) is 0 Å². The molecule has 1 aromatic rings. The normalized spacial score (nSPS) is 11.4. The topological polar surface area (TPSA) is 83.8 Å². The summed E-state index contributed by atoms with van der Waals surface area (Å²) in [4.78, 5) is -0.301. The number of hydrogen-bond acceptors (Lipinski definition) is 5. The summed E-state index contributed by atoms with van der Waals surface area (Å²) in [5.41, 5.74) is 0. The summed E-state index contributed by atoms with van der Waals surface area (Å²) in [7, 11) is -4.13. The highest BCUT2D eigenvalue weighted by molar-refractivity contribution is 7.86. The first-order valence-electron chi connectivity index (χ1n) is 2.93. The van der Waals surface area contributed by atoms with Crippen molar-refractivity contribution in [3.63, 3.8) is 0 Å². The second kappa shape index (κ2) is 3.10. The molecular formula is C6H6O5S. The molecule has 0 aliphatic heterocycles. The van der Waals surface area contributed by atoms with Crippen molar-refractivity contribution < 1.29 is 23.1 Å². The van der Waals surface area contributed by atoms with Gasteiger partial charge in [0.25, 0.3) is 0 Å². The summed E-state index contributed by atoms with van der Waals surface area (Å²) >= 11 is 0. The molecule has 0 atom stereocenters. The molecule has 0 heterocycles. The number of rotatable bonds is 2. The molecule has 1 aromatic carbocycles. The summed E-state index contributed by atoms with van der Waals surface area (Å²) in [6.07, 6.45) is 0. The molecule has 0 saturated carbocycles. The van der Waals surface area contributed by atoms with Gasteiger partial charge in [0.05, 0.1) is 0 Å². The third-order valence-electron chi connectivity index (χ3n) is 1.20.